The summed E-state index contributed by atoms with van der Waals surface area (Å²) >= 11 is 3.91. The molecule has 8 heavy (non-hydrogen) atoms. The first kappa shape index (κ1) is 4.89. The Morgan fingerprint density at radius 3 is 3.00 bits per heavy atom. The molecule has 1 atom stereocenters. The average molecular weight is 142 g/mol. The van der Waals surface area contributed by atoms with Crippen LogP contribution in [0.1, 0.15) is 10.1 Å². The maximum absolute atomic E-state index is 2.22. The number of rotatable bonds is 1. The van der Waals surface area contributed by atoms with E-state index in [1.165, 1.54) is 5.75 Å². The summed E-state index contributed by atoms with van der Waals surface area (Å²) in [6, 6.07) is 4.34. The normalized spacial score (nSPS) is 25.8. The zero-order valence-electron chi connectivity index (χ0n) is 4.33. The van der Waals surface area contributed by atoms with Crippen molar-refractivity contribution in [1.29, 1.82) is 0 Å². The Labute approximate surface area is 56.9 Å². The van der Waals surface area contributed by atoms with Gasteiger partial charge in [-0.05, 0) is 11.4 Å². The second-order valence-corrected chi connectivity index (χ2v) is 4.05. The molecule has 0 aliphatic carbocycles. The Hall–Kier alpha value is 0.0500. The summed E-state index contributed by atoms with van der Waals surface area (Å²) < 4.78 is 0. The monoisotopic (exact) mass is 142 g/mol. The SMILES string of the molecule is c1csc(C2CS2)c1. The summed E-state index contributed by atoms with van der Waals surface area (Å²) in [4.78, 5) is 1.55. The highest BCUT2D eigenvalue weighted by molar-refractivity contribution is 8.06. The third kappa shape index (κ3) is 0.782. The van der Waals surface area contributed by atoms with Crippen LogP contribution in [0, 0.1) is 0 Å². The molecule has 1 aromatic heterocycles. The van der Waals surface area contributed by atoms with Crippen molar-refractivity contribution < 1.29 is 0 Å². The van der Waals surface area contributed by atoms with Crippen LogP contribution in [0.2, 0.25) is 0 Å². The fourth-order valence-electron chi connectivity index (χ4n) is 0.687. The van der Waals surface area contributed by atoms with Gasteiger partial charge in [-0.25, -0.2) is 0 Å². The molecule has 1 aliphatic rings. The number of thiophene rings is 1. The summed E-state index contributed by atoms with van der Waals surface area (Å²) in [5.41, 5.74) is 0. The van der Waals surface area contributed by atoms with Crippen LogP contribution in [0.3, 0.4) is 0 Å². The molecule has 1 aromatic rings. The number of thioether (sulfide) groups is 1. The predicted octanol–water partition coefficient (Wildman–Crippen LogP) is 2.54. The van der Waals surface area contributed by atoms with Crippen molar-refractivity contribution in [2.45, 2.75) is 5.25 Å². The predicted molar refractivity (Wildman–Crippen MR) is 39.5 cm³/mol. The van der Waals surface area contributed by atoms with Crippen molar-refractivity contribution >= 4 is 23.1 Å². The van der Waals surface area contributed by atoms with Crippen molar-refractivity contribution in [1.82, 2.24) is 0 Å². The Balaban J connectivity index is 2.28. The van der Waals surface area contributed by atoms with Crippen LogP contribution in [0.5, 0.6) is 0 Å². The number of hydrogen-bond acceptors (Lipinski definition) is 2. The van der Waals surface area contributed by atoms with Gasteiger partial charge in [0.15, 0.2) is 0 Å². The number of hydrogen-bond donors (Lipinski definition) is 0. The lowest BCUT2D eigenvalue weighted by molar-refractivity contribution is 1.29. The van der Waals surface area contributed by atoms with Gasteiger partial charge in [0, 0.05) is 15.9 Å². The summed E-state index contributed by atoms with van der Waals surface area (Å²) in [7, 11) is 0. The highest BCUT2D eigenvalue weighted by Gasteiger charge is 2.24. The van der Waals surface area contributed by atoms with Gasteiger partial charge in [0.05, 0.1) is 0 Å². The lowest BCUT2D eigenvalue weighted by Crippen LogP contribution is -1.63. The standard InChI is InChI=1S/C6H6S2/c1-2-5(7-3-1)6-4-8-6/h1-3,6H,4H2. The first-order valence-corrected chi connectivity index (χ1v) is 4.54. The molecule has 2 rings (SSSR count). The van der Waals surface area contributed by atoms with E-state index in [1.807, 2.05) is 23.1 Å². The van der Waals surface area contributed by atoms with E-state index in [9.17, 15) is 0 Å². The minimum atomic E-state index is 0.870. The molecular formula is C6H6S2. The maximum Gasteiger partial charge on any atom is 0.0482 e. The molecular weight excluding hydrogens is 136 g/mol. The van der Waals surface area contributed by atoms with Gasteiger partial charge in [-0.3, -0.25) is 0 Å². The molecule has 0 nitrogen and oxygen atoms in total. The van der Waals surface area contributed by atoms with E-state index in [0.717, 1.165) is 5.25 Å². The Morgan fingerprint density at radius 2 is 2.50 bits per heavy atom. The molecule has 0 aromatic carbocycles. The van der Waals surface area contributed by atoms with Crippen molar-refractivity contribution in [3.63, 3.8) is 0 Å². The zero-order valence-corrected chi connectivity index (χ0v) is 5.97. The average Bonchev–Trinajstić information content (AvgIpc) is 2.49. The highest BCUT2D eigenvalue weighted by Crippen LogP contribution is 2.47. The van der Waals surface area contributed by atoms with Gasteiger partial charge in [0.2, 0.25) is 0 Å². The molecule has 2 heteroatoms. The molecule has 1 aliphatic heterocycles. The molecule has 42 valence electrons. The summed E-state index contributed by atoms with van der Waals surface area (Å²) in [5, 5.41) is 3.02. The van der Waals surface area contributed by atoms with Crippen LogP contribution in [0.25, 0.3) is 0 Å². The lowest BCUT2D eigenvalue weighted by atomic mass is 10.4. The van der Waals surface area contributed by atoms with E-state index in [2.05, 4.69) is 17.5 Å². The second kappa shape index (κ2) is 1.78. The van der Waals surface area contributed by atoms with Gasteiger partial charge in [-0.1, -0.05) is 6.07 Å². The van der Waals surface area contributed by atoms with Gasteiger partial charge in [0.25, 0.3) is 0 Å². The van der Waals surface area contributed by atoms with Crippen LogP contribution in [-0.4, -0.2) is 5.75 Å². The van der Waals surface area contributed by atoms with E-state index in [1.54, 1.807) is 4.88 Å². The van der Waals surface area contributed by atoms with Crippen LogP contribution < -0.4 is 0 Å². The van der Waals surface area contributed by atoms with Crippen LogP contribution >= 0.6 is 23.1 Å². The largest absolute Gasteiger partial charge is 0.151 e. The quantitative estimate of drug-likeness (QED) is 0.543. The zero-order chi connectivity index (χ0) is 5.40. The van der Waals surface area contributed by atoms with Crippen molar-refractivity contribution in [2.24, 2.45) is 0 Å². The van der Waals surface area contributed by atoms with Gasteiger partial charge in [-0.2, -0.15) is 11.8 Å². The topological polar surface area (TPSA) is 0 Å². The van der Waals surface area contributed by atoms with Crippen LogP contribution in [0.15, 0.2) is 17.5 Å². The second-order valence-electron chi connectivity index (χ2n) is 1.84. The molecule has 0 saturated carbocycles. The van der Waals surface area contributed by atoms with Gasteiger partial charge < -0.3 is 0 Å². The van der Waals surface area contributed by atoms with E-state index < -0.39 is 0 Å². The molecule has 1 fully saturated rings. The van der Waals surface area contributed by atoms with E-state index in [-0.39, 0.29) is 0 Å². The highest BCUT2D eigenvalue weighted by atomic mass is 32.2. The Bertz CT molecular complexity index is 163. The van der Waals surface area contributed by atoms with Gasteiger partial charge in [0.1, 0.15) is 0 Å². The molecule has 0 radical (unpaired) electrons. The molecule has 0 bridgehead atoms. The van der Waals surface area contributed by atoms with E-state index >= 15 is 0 Å². The lowest BCUT2D eigenvalue weighted by Gasteiger charge is -1.80. The van der Waals surface area contributed by atoms with Crippen molar-refractivity contribution in [2.75, 3.05) is 5.75 Å². The minimum Gasteiger partial charge on any atom is -0.151 e. The molecule has 2 heterocycles. The first-order valence-electron chi connectivity index (χ1n) is 2.62. The van der Waals surface area contributed by atoms with E-state index in [4.69, 9.17) is 0 Å². The van der Waals surface area contributed by atoms with Crippen LogP contribution in [-0.2, 0) is 0 Å². The smallest absolute Gasteiger partial charge is 0.0482 e. The third-order valence-corrected chi connectivity index (χ3v) is 3.25. The molecule has 0 amide bonds. The summed E-state index contributed by atoms with van der Waals surface area (Å²) in [6.07, 6.45) is 0. The fourth-order valence-corrected chi connectivity index (χ4v) is 2.39. The van der Waals surface area contributed by atoms with Gasteiger partial charge >= 0.3 is 0 Å². The third-order valence-electron chi connectivity index (χ3n) is 1.19. The Morgan fingerprint density at radius 1 is 1.62 bits per heavy atom. The Kier molecular flexibility index (Phi) is 1.09. The van der Waals surface area contributed by atoms with Crippen molar-refractivity contribution in [3.05, 3.63) is 22.4 Å². The molecule has 0 spiro atoms. The van der Waals surface area contributed by atoms with Gasteiger partial charge in [-0.15, -0.1) is 11.3 Å². The summed E-state index contributed by atoms with van der Waals surface area (Å²) in [6.45, 7) is 0. The van der Waals surface area contributed by atoms with Crippen LogP contribution in [0.4, 0.5) is 0 Å². The first-order chi connectivity index (χ1) is 3.97. The summed E-state index contributed by atoms with van der Waals surface area (Å²) in [5.74, 6) is 1.35. The molecule has 0 N–H and O–H groups in total. The molecule has 1 unspecified atom stereocenters. The molecule has 1 saturated heterocycles. The maximum atomic E-state index is 2.22. The minimum absolute atomic E-state index is 0.870. The van der Waals surface area contributed by atoms with Crippen molar-refractivity contribution in [3.8, 4) is 0 Å². The van der Waals surface area contributed by atoms with E-state index in [0.29, 0.717) is 0 Å². The fraction of sp³-hybridized carbons (Fsp3) is 0.333.